The van der Waals surface area contributed by atoms with Crippen LogP contribution in [0.3, 0.4) is 0 Å². The van der Waals surface area contributed by atoms with Crippen LogP contribution >= 0.6 is 24.4 Å². The fourth-order valence-corrected chi connectivity index (χ4v) is 3.12. The Hall–Kier alpha value is -1.99. The largest absolute Gasteiger partial charge is 0.480 e. The van der Waals surface area contributed by atoms with Crippen molar-refractivity contribution in [2.45, 2.75) is 57.3 Å². The SMILES string of the molecule is CCC(C)C(NC(=O)C(CC(N)=O)NC(=O)C(N)CS)C(=O)NC(CCSC)C(=O)O. The summed E-state index contributed by atoms with van der Waals surface area (Å²) in [7, 11) is 0. The van der Waals surface area contributed by atoms with Crippen LogP contribution in [0.1, 0.15) is 33.1 Å². The van der Waals surface area contributed by atoms with E-state index in [1.165, 1.54) is 11.8 Å². The fraction of sp³-hybridized carbons (Fsp3) is 0.722. The molecule has 5 atom stereocenters. The molecule has 0 aliphatic carbocycles. The third-order valence-electron chi connectivity index (χ3n) is 4.59. The first-order valence-electron chi connectivity index (χ1n) is 9.75. The number of hydrogen-bond donors (Lipinski definition) is 7. The lowest BCUT2D eigenvalue weighted by molar-refractivity contribution is -0.142. The van der Waals surface area contributed by atoms with Crippen molar-refractivity contribution in [1.29, 1.82) is 0 Å². The number of carbonyl (C=O) groups is 5. The van der Waals surface area contributed by atoms with Crippen molar-refractivity contribution < 1.29 is 29.1 Å². The number of nitrogens with one attached hydrogen (secondary N) is 3. The number of carbonyl (C=O) groups excluding carboxylic acids is 4. The van der Waals surface area contributed by atoms with Crippen molar-refractivity contribution in [2.75, 3.05) is 17.8 Å². The van der Waals surface area contributed by atoms with E-state index in [0.717, 1.165) is 0 Å². The number of primary amides is 1. The summed E-state index contributed by atoms with van der Waals surface area (Å²) < 4.78 is 0. The van der Waals surface area contributed by atoms with E-state index in [1.807, 2.05) is 6.26 Å². The van der Waals surface area contributed by atoms with Gasteiger partial charge in [-0.25, -0.2) is 4.79 Å². The van der Waals surface area contributed by atoms with Crippen molar-refractivity contribution in [3.8, 4) is 0 Å². The molecular formula is C18H33N5O6S2. The Kier molecular flexibility index (Phi) is 14.0. The van der Waals surface area contributed by atoms with Crippen molar-refractivity contribution in [1.82, 2.24) is 16.0 Å². The van der Waals surface area contributed by atoms with Gasteiger partial charge in [0.1, 0.15) is 18.1 Å². The Morgan fingerprint density at radius 1 is 1.03 bits per heavy atom. The Morgan fingerprint density at radius 3 is 2.06 bits per heavy atom. The molecule has 0 bridgehead atoms. The second-order valence-electron chi connectivity index (χ2n) is 7.07. The van der Waals surface area contributed by atoms with Crippen LogP contribution in [0, 0.1) is 5.92 Å². The fourth-order valence-electron chi connectivity index (χ4n) is 2.48. The maximum atomic E-state index is 12.8. The monoisotopic (exact) mass is 479 g/mol. The zero-order chi connectivity index (χ0) is 24.1. The minimum absolute atomic E-state index is 0.0151. The summed E-state index contributed by atoms with van der Waals surface area (Å²) >= 11 is 5.35. The number of carboxylic acids is 1. The van der Waals surface area contributed by atoms with Crippen LogP contribution in [0.2, 0.25) is 0 Å². The standard InChI is InChI=1S/C18H33N5O6S2/c1-4-9(2)14(17(27)21-11(18(28)29)5-6-31-3)23-16(26)12(7-13(20)24)22-15(25)10(19)8-30/h9-12,14,30H,4-8,19H2,1-3H3,(H2,20,24)(H,21,27)(H,22,25)(H,23,26)(H,28,29). The number of nitrogens with two attached hydrogens (primary N) is 2. The third kappa shape index (κ3) is 10.7. The summed E-state index contributed by atoms with van der Waals surface area (Å²) in [6.45, 7) is 3.51. The number of aliphatic carboxylic acids is 1. The number of thioether (sulfide) groups is 1. The van der Waals surface area contributed by atoms with E-state index in [2.05, 4.69) is 28.6 Å². The van der Waals surface area contributed by atoms with E-state index in [1.54, 1.807) is 13.8 Å². The van der Waals surface area contributed by atoms with E-state index >= 15 is 0 Å². The van der Waals surface area contributed by atoms with Crippen molar-refractivity contribution in [2.24, 2.45) is 17.4 Å². The number of carboxylic acid groups (broad SMARTS) is 1. The minimum Gasteiger partial charge on any atom is -0.480 e. The number of thiol groups is 1. The van der Waals surface area contributed by atoms with Gasteiger partial charge in [0.2, 0.25) is 23.6 Å². The zero-order valence-electron chi connectivity index (χ0n) is 17.9. The van der Waals surface area contributed by atoms with Crippen molar-refractivity contribution >= 4 is 54.0 Å². The lowest BCUT2D eigenvalue weighted by Gasteiger charge is -2.27. The summed E-state index contributed by atoms with van der Waals surface area (Å²) in [5, 5.41) is 16.6. The Labute approximate surface area is 191 Å². The molecule has 8 N–H and O–H groups in total. The number of amides is 4. The van der Waals surface area contributed by atoms with Gasteiger partial charge in [-0.15, -0.1) is 0 Å². The first-order valence-corrected chi connectivity index (χ1v) is 11.8. The summed E-state index contributed by atoms with van der Waals surface area (Å²) in [6, 6.07) is -4.55. The summed E-state index contributed by atoms with van der Waals surface area (Å²) in [4.78, 5) is 60.4. The van der Waals surface area contributed by atoms with Gasteiger partial charge in [-0.3, -0.25) is 19.2 Å². The highest BCUT2D eigenvalue weighted by Gasteiger charge is 2.33. The molecule has 0 heterocycles. The molecule has 13 heteroatoms. The number of rotatable bonds is 15. The maximum Gasteiger partial charge on any atom is 0.326 e. The zero-order valence-corrected chi connectivity index (χ0v) is 19.6. The van der Waals surface area contributed by atoms with Crippen LogP contribution in [0.5, 0.6) is 0 Å². The Morgan fingerprint density at radius 2 is 1.61 bits per heavy atom. The summed E-state index contributed by atoms with van der Waals surface area (Å²) in [6.07, 6.45) is 2.02. The highest BCUT2D eigenvalue weighted by molar-refractivity contribution is 7.98. The van der Waals surface area contributed by atoms with Crippen LogP contribution in [0.15, 0.2) is 0 Å². The Balaban J connectivity index is 5.49. The average molecular weight is 480 g/mol. The molecule has 0 aromatic heterocycles. The molecule has 0 saturated heterocycles. The maximum absolute atomic E-state index is 12.8. The molecule has 5 unspecified atom stereocenters. The predicted octanol–water partition coefficient (Wildman–Crippen LogP) is -1.54. The van der Waals surface area contributed by atoms with Crippen LogP contribution in [-0.2, 0) is 24.0 Å². The highest BCUT2D eigenvalue weighted by atomic mass is 32.2. The van der Waals surface area contributed by atoms with E-state index in [9.17, 15) is 29.1 Å². The molecule has 0 aliphatic rings. The van der Waals surface area contributed by atoms with Gasteiger partial charge in [-0.05, 0) is 24.3 Å². The van der Waals surface area contributed by atoms with E-state index in [0.29, 0.717) is 12.2 Å². The molecule has 0 saturated carbocycles. The Bertz CT molecular complexity index is 651. The normalized spacial score (nSPS) is 15.6. The predicted molar refractivity (Wildman–Crippen MR) is 122 cm³/mol. The van der Waals surface area contributed by atoms with Crippen LogP contribution in [-0.4, -0.2) is 76.6 Å². The molecule has 0 rings (SSSR count). The second-order valence-corrected chi connectivity index (χ2v) is 8.42. The quantitative estimate of drug-likeness (QED) is 0.137. The molecule has 0 aromatic rings. The van der Waals surface area contributed by atoms with E-state index < -0.39 is 60.2 Å². The molecule has 0 aromatic carbocycles. The number of hydrogen-bond acceptors (Lipinski definition) is 8. The first-order chi connectivity index (χ1) is 14.5. The van der Waals surface area contributed by atoms with Gasteiger partial charge >= 0.3 is 5.97 Å². The molecule has 178 valence electrons. The molecule has 11 nitrogen and oxygen atoms in total. The molecule has 4 amide bonds. The first kappa shape index (κ1) is 29.0. The van der Waals surface area contributed by atoms with E-state index in [4.69, 9.17) is 11.5 Å². The van der Waals surface area contributed by atoms with Gasteiger partial charge in [-0.2, -0.15) is 24.4 Å². The van der Waals surface area contributed by atoms with Crippen LogP contribution in [0.4, 0.5) is 0 Å². The van der Waals surface area contributed by atoms with Gasteiger partial charge < -0.3 is 32.5 Å². The molecule has 0 fully saturated rings. The van der Waals surface area contributed by atoms with Crippen LogP contribution < -0.4 is 27.4 Å². The van der Waals surface area contributed by atoms with Gasteiger partial charge in [0.15, 0.2) is 0 Å². The second kappa shape index (κ2) is 14.9. The molecule has 31 heavy (non-hydrogen) atoms. The van der Waals surface area contributed by atoms with Crippen LogP contribution in [0.25, 0.3) is 0 Å². The molecule has 0 radical (unpaired) electrons. The van der Waals surface area contributed by atoms with Gasteiger partial charge in [0, 0.05) is 5.75 Å². The molecule has 0 aliphatic heterocycles. The lowest BCUT2D eigenvalue weighted by Crippen LogP contribution is -2.59. The summed E-state index contributed by atoms with van der Waals surface area (Å²) in [5.74, 6) is -4.03. The third-order valence-corrected chi connectivity index (χ3v) is 5.63. The average Bonchev–Trinajstić information content (AvgIpc) is 2.72. The smallest absolute Gasteiger partial charge is 0.326 e. The van der Waals surface area contributed by atoms with Crippen molar-refractivity contribution in [3.05, 3.63) is 0 Å². The van der Waals surface area contributed by atoms with Gasteiger partial charge in [-0.1, -0.05) is 20.3 Å². The molecule has 0 spiro atoms. The molecular weight excluding hydrogens is 446 g/mol. The lowest BCUT2D eigenvalue weighted by atomic mass is 9.97. The van der Waals surface area contributed by atoms with Gasteiger partial charge in [0.05, 0.1) is 12.5 Å². The minimum atomic E-state index is -1.35. The summed E-state index contributed by atoms with van der Waals surface area (Å²) in [5.41, 5.74) is 10.8. The topological polar surface area (TPSA) is 194 Å². The van der Waals surface area contributed by atoms with Crippen molar-refractivity contribution in [3.63, 3.8) is 0 Å². The van der Waals surface area contributed by atoms with Gasteiger partial charge in [0.25, 0.3) is 0 Å². The highest BCUT2D eigenvalue weighted by Crippen LogP contribution is 2.10. The van der Waals surface area contributed by atoms with E-state index in [-0.39, 0.29) is 18.1 Å².